The second-order valence-corrected chi connectivity index (χ2v) is 9.32. The molecule has 0 N–H and O–H groups in total. The monoisotopic (exact) mass is 526 g/mol. The summed E-state index contributed by atoms with van der Waals surface area (Å²) in [4.78, 5) is 2.14. The van der Waals surface area contributed by atoms with Gasteiger partial charge in [0, 0.05) is 33.0 Å². The third-order valence-corrected chi connectivity index (χ3v) is 6.11. The summed E-state index contributed by atoms with van der Waals surface area (Å²) in [6, 6.07) is 25.3. The predicted octanol–water partition coefficient (Wildman–Crippen LogP) is 6.82. The molecule has 0 amide bonds. The molecular weight excluding hydrogens is 504 g/mol. The molecule has 3 nitrogen and oxygen atoms in total. The van der Waals surface area contributed by atoms with Crippen LogP contribution in [0.1, 0.15) is 5.56 Å². The van der Waals surface area contributed by atoms with E-state index in [4.69, 9.17) is 4.74 Å². The molecule has 0 saturated heterocycles. The number of fused-ring (bicyclic) bond motifs is 1. The molecule has 4 rings (SSSR count). The highest BCUT2D eigenvalue weighted by atomic mass is 79.9. The number of hydrogen-bond acceptors (Lipinski definition) is 2. The molecule has 1 aromatic heterocycles. The van der Waals surface area contributed by atoms with E-state index in [9.17, 15) is 0 Å². The van der Waals surface area contributed by atoms with Crippen LogP contribution < -0.4 is 4.74 Å². The average molecular weight is 528 g/mol. The second-order valence-electron chi connectivity index (χ2n) is 7.55. The van der Waals surface area contributed by atoms with Gasteiger partial charge in [0.2, 0.25) is 0 Å². The van der Waals surface area contributed by atoms with Crippen molar-refractivity contribution in [2.75, 3.05) is 27.2 Å². The lowest BCUT2D eigenvalue weighted by Gasteiger charge is -2.15. The smallest absolute Gasteiger partial charge is 0.153 e. The molecule has 0 saturated carbocycles. The molecule has 0 aliphatic heterocycles. The topological polar surface area (TPSA) is 17.4 Å². The van der Waals surface area contributed by atoms with Gasteiger partial charge in [0.05, 0.1) is 11.2 Å². The lowest BCUT2D eigenvalue weighted by Crippen LogP contribution is -2.19. The number of nitrogens with zero attached hydrogens (tertiary/aromatic N) is 2. The fraction of sp³-hybridized carbons (Fsp3) is 0.200. The summed E-state index contributed by atoms with van der Waals surface area (Å²) in [6.45, 7) is 2.25. The van der Waals surface area contributed by atoms with Gasteiger partial charge < -0.3 is 14.2 Å². The Bertz CT molecular complexity index is 1140. The molecule has 0 spiro atoms. The molecule has 0 aliphatic rings. The Morgan fingerprint density at radius 3 is 2.23 bits per heavy atom. The van der Waals surface area contributed by atoms with Crippen LogP contribution in [0.15, 0.2) is 81.7 Å². The van der Waals surface area contributed by atoms with Gasteiger partial charge in [-0.2, -0.15) is 0 Å². The van der Waals surface area contributed by atoms with E-state index >= 15 is 0 Å². The zero-order chi connectivity index (χ0) is 21.1. The van der Waals surface area contributed by atoms with Crippen LogP contribution in [0.25, 0.3) is 22.2 Å². The maximum atomic E-state index is 6.44. The van der Waals surface area contributed by atoms with Crippen LogP contribution in [-0.4, -0.2) is 36.7 Å². The minimum atomic E-state index is 0.626. The Balaban J connectivity index is 1.96. The van der Waals surface area contributed by atoms with Gasteiger partial charge in [-0.25, -0.2) is 0 Å². The van der Waals surface area contributed by atoms with Gasteiger partial charge >= 0.3 is 0 Å². The summed E-state index contributed by atoms with van der Waals surface area (Å²) in [7, 11) is 4.13. The summed E-state index contributed by atoms with van der Waals surface area (Å²) >= 11 is 7.47. The van der Waals surface area contributed by atoms with Crippen LogP contribution >= 0.6 is 31.9 Å². The van der Waals surface area contributed by atoms with Crippen LogP contribution in [0.2, 0.25) is 0 Å². The fourth-order valence-corrected chi connectivity index (χ4v) is 5.10. The Labute approximate surface area is 194 Å². The van der Waals surface area contributed by atoms with E-state index in [1.807, 2.05) is 6.07 Å². The maximum absolute atomic E-state index is 6.44. The van der Waals surface area contributed by atoms with E-state index in [1.54, 1.807) is 0 Å². The van der Waals surface area contributed by atoms with Gasteiger partial charge in [-0.3, -0.25) is 0 Å². The molecule has 3 aromatic carbocycles. The third-order valence-electron chi connectivity index (χ3n) is 5.04. The largest absolute Gasteiger partial charge is 0.489 e. The summed E-state index contributed by atoms with van der Waals surface area (Å²) < 4.78 is 10.9. The van der Waals surface area contributed by atoms with Gasteiger partial charge in [0.25, 0.3) is 0 Å². The van der Waals surface area contributed by atoms with Crippen molar-refractivity contribution < 1.29 is 4.74 Å². The van der Waals surface area contributed by atoms with Crippen LogP contribution in [0.3, 0.4) is 0 Å². The third kappa shape index (κ3) is 4.48. The van der Waals surface area contributed by atoms with Gasteiger partial charge in [0.1, 0.15) is 6.61 Å². The van der Waals surface area contributed by atoms with E-state index < -0.39 is 0 Å². The first kappa shape index (κ1) is 21.2. The molecule has 0 radical (unpaired) electrons. The molecular formula is C25H24Br2N2O. The van der Waals surface area contributed by atoms with Crippen molar-refractivity contribution in [3.8, 4) is 17.0 Å². The van der Waals surface area contributed by atoms with Crippen LogP contribution in [-0.2, 0) is 6.54 Å². The molecule has 154 valence electrons. The zero-order valence-corrected chi connectivity index (χ0v) is 20.3. The number of halogens is 2. The first-order valence-electron chi connectivity index (χ1n) is 9.92. The Hall–Kier alpha value is -2.08. The quantitative estimate of drug-likeness (QED) is 0.262. The van der Waals surface area contributed by atoms with Gasteiger partial charge in [-0.15, -0.1) is 0 Å². The van der Waals surface area contributed by atoms with E-state index in [0.29, 0.717) is 6.61 Å². The predicted molar refractivity (Wildman–Crippen MR) is 132 cm³/mol. The molecule has 0 unspecified atom stereocenters. The minimum Gasteiger partial charge on any atom is -0.489 e. The molecule has 1 heterocycles. The summed E-state index contributed by atoms with van der Waals surface area (Å²) in [5, 5.41) is 1.10. The highest BCUT2D eigenvalue weighted by Gasteiger charge is 2.22. The Morgan fingerprint density at radius 2 is 1.57 bits per heavy atom. The lowest BCUT2D eigenvalue weighted by molar-refractivity contribution is 0.264. The molecule has 0 fully saturated rings. The first-order chi connectivity index (χ1) is 14.5. The minimum absolute atomic E-state index is 0.626. The fourth-order valence-electron chi connectivity index (χ4n) is 3.66. The van der Waals surface area contributed by atoms with E-state index in [2.05, 4.69) is 122 Å². The van der Waals surface area contributed by atoms with Crippen LogP contribution in [0, 0.1) is 0 Å². The lowest BCUT2D eigenvalue weighted by atomic mass is 10.1. The maximum Gasteiger partial charge on any atom is 0.153 e. The Kier molecular flexibility index (Phi) is 6.61. The summed E-state index contributed by atoms with van der Waals surface area (Å²) in [5.74, 6) is 0.927. The highest BCUT2D eigenvalue weighted by Crippen LogP contribution is 2.44. The molecule has 4 aromatic rings. The van der Waals surface area contributed by atoms with Crippen molar-refractivity contribution in [3.63, 3.8) is 0 Å². The van der Waals surface area contributed by atoms with E-state index in [1.165, 1.54) is 5.56 Å². The number of aromatic nitrogens is 1. The van der Waals surface area contributed by atoms with Crippen molar-refractivity contribution in [1.82, 2.24) is 9.47 Å². The zero-order valence-electron chi connectivity index (χ0n) is 17.1. The average Bonchev–Trinajstić information content (AvgIpc) is 3.02. The number of hydrogen-bond donors (Lipinski definition) is 0. The van der Waals surface area contributed by atoms with Crippen molar-refractivity contribution in [2.45, 2.75) is 6.54 Å². The molecule has 30 heavy (non-hydrogen) atoms. The van der Waals surface area contributed by atoms with Crippen LogP contribution in [0.5, 0.6) is 5.75 Å². The van der Waals surface area contributed by atoms with Crippen molar-refractivity contribution in [3.05, 3.63) is 87.3 Å². The van der Waals surface area contributed by atoms with Gasteiger partial charge in [-0.05, 0) is 47.7 Å². The number of benzene rings is 3. The molecule has 0 atom stereocenters. The van der Waals surface area contributed by atoms with E-state index in [0.717, 1.165) is 49.9 Å². The summed E-state index contributed by atoms with van der Waals surface area (Å²) in [6.07, 6.45) is 0. The van der Waals surface area contributed by atoms with Crippen molar-refractivity contribution in [2.24, 2.45) is 0 Å². The molecule has 5 heteroatoms. The number of ether oxygens (including phenoxy) is 1. The van der Waals surface area contributed by atoms with Gasteiger partial charge in [0.15, 0.2) is 5.75 Å². The van der Waals surface area contributed by atoms with E-state index in [-0.39, 0.29) is 0 Å². The second kappa shape index (κ2) is 9.38. The first-order valence-corrected chi connectivity index (χ1v) is 11.5. The molecule has 0 aliphatic carbocycles. The summed E-state index contributed by atoms with van der Waals surface area (Å²) in [5.41, 5.74) is 4.64. The highest BCUT2D eigenvalue weighted by molar-refractivity contribution is 9.11. The van der Waals surface area contributed by atoms with Crippen molar-refractivity contribution in [1.29, 1.82) is 0 Å². The van der Waals surface area contributed by atoms with Crippen LogP contribution in [0.4, 0.5) is 0 Å². The standard InChI is InChI=1S/C25H24Br2N2O/c1-28(2)13-14-30-25-21-15-20(26)16-22(27)24(21)29(17-18-9-5-3-6-10-18)23(25)19-11-7-4-8-12-19/h3-12,15-16H,13-14,17H2,1-2H3. The SMILES string of the molecule is CN(C)CCOc1c(-c2ccccc2)n(Cc2ccccc2)c2c(Br)cc(Br)cc12. The normalized spacial score (nSPS) is 11.4. The molecule has 0 bridgehead atoms. The number of likely N-dealkylation sites (N-methyl/N-ethyl adjacent to an activating group) is 1. The van der Waals surface area contributed by atoms with Gasteiger partial charge in [-0.1, -0.05) is 76.6 Å². The Morgan fingerprint density at radius 1 is 0.900 bits per heavy atom. The number of rotatable bonds is 7. The van der Waals surface area contributed by atoms with Crippen molar-refractivity contribution >= 4 is 42.8 Å².